The van der Waals surface area contributed by atoms with Crippen LogP contribution < -0.4 is 15.4 Å². The van der Waals surface area contributed by atoms with Crippen LogP contribution in [0, 0.1) is 0 Å². The second-order valence-corrected chi connectivity index (χ2v) is 4.65. The van der Waals surface area contributed by atoms with Crippen molar-refractivity contribution in [1.29, 1.82) is 0 Å². The average molecular weight is 292 g/mol. The van der Waals surface area contributed by atoms with Crippen molar-refractivity contribution in [1.82, 2.24) is 29.7 Å². The summed E-state index contributed by atoms with van der Waals surface area (Å²) in [6.07, 6.45) is 1.63. The Balaban J connectivity index is 2.10. The van der Waals surface area contributed by atoms with E-state index < -0.39 is 0 Å². The van der Waals surface area contributed by atoms with Gasteiger partial charge >= 0.3 is 6.01 Å². The van der Waals surface area contributed by atoms with E-state index in [0.717, 1.165) is 0 Å². The summed E-state index contributed by atoms with van der Waals surface area (Å²) in [7, 11) is 1.82. The molecular formula is C12H20N8O. The van der Waals surface area contributed by atoms with E-state index in [4.69, 9.17) is 4.74 Å². The van der Waals surface area contributed by atoms with Gasteiger partial charge in [0, 0.05) is 13.6 Å². The number of aromatic nitrogens is 6. The fraction of sp³-hybridized carbons (Fsp3) is 0.583. The Morgan fingerprint density at radius 2 is 1.90 bits per heavy atom. The van der Waals surface area contributed by atoms with Crippen molar-refractivity contribution in [2.45, 2.75) is 33.4 Å². The molecular weight excluding hydrogens is 272 g/mol. The molecule has 0 unspecified atom stereocenters. The second-order valence-electron chi connectivity index (χ2n) is 4.65. The smallest absolute Gasteiger partial charge is 0.323 e. The molecule has 0 atom stereocenters. The largest absolute Gasteiger partial charge is 0.461 e. The third-order valence-electron chi connectivity index (χ3n) is 2.34. The van der Waals surface area contributed by atoms with Gasteiger partial charge in [0.2, 0.25) is 11.9 Å². The highest BCUT2D eigenvalue weighted by Crippen LogP contribution is 2.12. The van der Waals surface area contributed by atoms with E-state index in [1.165, 1.54) is 0 Å². The topological polar surface area (TPSA) is 103 Å². The van der Waals surface area contributed by atoms with Gasteiger partial charge in [0.15, 0.2) is 5.82 Å². The third kappa shape index (κ3) is 4.55. The van der Waals surface area contributed by atoms with Crippen molar-refractivity contribution in [3.63, 3.8) is 0 Å². The van der Waals surface area contributed by atoms with Crippen molar-refractivity contribution in [3.05, 3.63) is 12.2 Å². The van der Waals surface area contributed by atoms with Crippen LogP contribution in [0.1, 0.15) is 26.6 Å². The molecule has 0 aliphatic rings. The first-order valence-corrected chi connectivity index (χ1v) is 6.81. The number of hydrogen-bond acceptors (Lipinski definition) is 8. The molecule has 2 aromatic rings. The molecule has 0 radical (unpaired) electrons. The summed E-state index contributed by atoms with van der Waals surface area (Å²) in [4.78, 5) is 16.8. The Kier molecular flexibility index (Phi) is 4.85. The van der Waals surface area contributed by atoms with E-state index in [1.807, 2.05) is 27.8 Å². The van der Waals surface area contributed by atoms with Crippen LogP contribution in [0.4, 0.5) is 11.9 Å². The van der Waals surface area contributed by atoms with E-state index in [-0.39, 0.29) is 12.1 Å². The first-order valence-electron chi connectivity index (χ1n) is 6.81. The summed E-state index contributed by atoms with van der Waals surface area (Å²) in [5.74, 6) is 1.55. The lowest BCUT2D eigenvalue weighted by Gasteiger charge is -2.11. The molecule has 2 N–H and O–H groups in total. The maximum absolute atomic E-state index is 5.52. The van der Waals surface area contributed by atoms with Crippen LogP contribution in [0.25, 0.3) is 0 Å². The van der Waals surface area contributed by atoms with Crippen molar-refractivity contribution < 1.29 is 4.74 Å². The first-order chi connectivity index (χ1) is 10.1. The molecule has 0 saturated heterocycles. The Morgan fingerprint density at radius 3 is 2.48 bits per heavy atom. The Hall–Kier alpha value is -2.45. The van der Waals surface area contributed by atoms with Crippen molar-refractivity contribution in [2.75, 3.05) is 17.2 Å². The molecule has 0 aliphatic carbocycles. The van der Waals surface area contributed by atoms with E-state index in [9.17, 15) is 0 Å². The zero-order chi connectivity index (χ0) is 15.2. The SMILES string of the molecule is CCNc1nc(NCc2ncn(C)n2)nc(OC(C)C)n1. The molecule has 9 nitrogen and oxygen atoms in total. The highest BCUT2D eigenvalue weighted by Gasteiger charge is 2.09. The van der Waals surface area contributed by atoms with Gasteiger partial charge in [0.25, 0.3) is 0 Å². The van der Waals surface area contributed by atoms with Gasteiger partial charge < -0.3 is 15.4 Å². The Bertz CT molecular complexity index is 582. The zero-order valence-corrected chi connectivity index (χ0v) is 12.7. The van der Waals surface area contributed by atoms with Crippen LogP contribution in [0.15, 0.2) is 6.33 Å². The molecule has 0 saturated carbocycles. The summed E-state index contributed by atoms with van der Waals surface area (Å²) in [5.41, 5.74) is 0. The third-order valence-corrected chi connectivity index (χ3v) is 2.34. The lowest BCUT2D eigenvalue weighted by molar-refractivity contribution is 0.222. The van der Waals surface area contributed by atoms with Crippen LogP contribution in [0.2, 0.25) is 0 Å². The van der Waals surface area contributed by atoms with Gasteiger partial charge in [-0.15, -0.1) is 0 Å². The predicted octanol–water partition coefficient (Wildman–Crippen LogP) is 0.831. The highest BCUT2D eigenvalue weighted by atomic mass is 16.5. The van der Waals surface area contributed by atoms with Gasteiger partial charge in [0.05, 0.1) is 12.6 Å². The summed E-state index contributed by atoms with van der Waals surface area (Å²) in [6.45, 7) is 6.95. The number of nitrogens with zero attached hydrogens (tertiary/aromatic N) is 6. The monoisotopic (exact) mass is 292 g/mol. The van der Waals surface area contributed by atoms with Gasteiger partial charge in [-0.25, -0.2) is 4.98 Å². The molecule has 114 valence electrons. The Morgan fingerprint density at radius 1 is 1.19 bits per heavy atom. The molecule has 2 rings (SSSR count). The van der Waals surface area contributed by atoms with Crippen LogP contribution in [-0.2, 0) is 13.6 Å². The van der Waals surface area contributed by atoms with Gasteiger partial charge in [-0.1, -0.05) is 0 Å². The molecule has 0 aliphatic heterocycles. The lowest BCUT2D eigenvalue weighted by atomic mass is 10.5. The molecule has 0 spiro atoms. The van der Waals surface area contributed by atoms with Crippen LogP contribution in [-0.4, -0.2) is 42.4 Å². The number of aryl methyl sites for hydroxylation is 1. The van der Waals surface area contributed by atoms with Crippen LogP contribution >= 0.6 is 0 Å². The maximum Gasteiger partial charge on any atom is 0.323 e. The van der Waals surface area contributed by atoms with Gasteiger partial charge in [-0.3, -0.25) is 4.68 Å². The van der Waals surface area contributed by atoms with Gasteiger partial charge in [-0.05, 0) is 20.8 Å². The number of nitrogens with one attached hydrogen (secondary N) is 2. The molecule has 0 bridgehead atoms. The van der Waals surface area contributed by atoms with E-state index in [1.54, 1.807) is 11.0 Å². The number of hydrogen-bond donors (Lipinski definition) is 2. The molecule has 9 heteroatoms. The summed E-state index contributed by atoms with van der Waals surface area (Å²) < 4.78 is 7.16. The highest BCUT2D eigenvalue weighted by molar-refractivity contribution is 5.35. The summed E-state index contributed by atoms with van der Waals surface area (Å²) >= 11 is 0. The first kappa shape index (κ1) is 14.9. The minimum Gasteiger partial charge on any atom is -0.461 e. The van der Waals surface area contributed by atoms with Gasteiger partial charge in [0.1, 0.15) is 6.33 Å². The zero-order valence-electron chi connectivity index (χ0n) is 12.7. The number of rotatable bonds is 7. The molecule has 0 amide bonds. The van der Waals surface area contributed by atoms with E-state index >= 15 is 0 Å². The average Bonchev–Trinajstić information content (AvgIpc) is 2.82. The standard InChI is InChI=1S/C12H20N8O/c1-5-13-10-16-11(18-12(17-10)21-8(2)3)14-6-9-15-7-20(4)19-9/h7-8H,5-6H2,1-4H3,(H2,13,14,16,17,18). The van der Waals surface area contributed by atoms with Crippen molar-refractivity contribution in [2.24, 2.45) is 7.05 Å². The van der Waals surface area contributed by atoms with Crippen LogP contribution in [0.3, 0.4) is 0 Å². The summed E-state index contributed by atoms with van der Waals surface area (Å²) in [6, 6.07) is 0.285. The minimum atomic E-state index is -0.00724. The fourth-order valence-corrected chi connectivity index (χ4v) is 1.56. The van der Waals surface area contributed by atoms with Gasteiger partial charge in [-0.2, -0.15) is 20.1 Å². The second kappa shape index (κ2) is 6.82. The lowest BCUT2D eigenvalue weighted by Crippen LogP contribution is -2.14. The minimum absolute atomic E-state index is 0.00724. The summed E-state index contributed by atoms with van der Waals surface area (Å²) in [5, 5.41) is 10.3. The maximum atomic E-state index is 5.52. The fourth-order valence-electron chi connectivity index (χ4n) is 1.56. The van der Waals surface area contributed by atoms with Crippen molar-refractivity contribution in [3.8, 4) is 6.01 Å². The predicted molar refractivity (Wildman–Crippen MR) is 78.1 cm³/mol. The molecule has 2 heterocycles. The van der Waals surface area contributed by atoms with Crippen LogP contribution in [0.5, 0.6) is 6.01 Å². The molecule has 0 fully saturated rings. The molecule has 0 aromatic carbocycles. The Labute approximate surface area is 123 Å². The normalized spacial score (nSPS) is 10.7. The van der Waals surface area contributed by atoms with E-state index in [0.29, 0.717) is 30.8 Å². The van der Waals surface area contributed by atoms with Crippen molar-refractivity contribution >= 4 is 11.9 Å². The molecule has 21 heavy (non-hydrogen) atoms. The van der Waals surface area contributed by atoms with E-state index in [2.05, 4.69) is 35.7 Å². The molecule has 2 aromatic heterocycles. The number of anilines is 2. The number of ether oxygens (including phenoxy) is 1. The quantitative estimate of drug-likeness (QED) is 0.773.